The van der Waals surface area contributed by atoms with Crippen LogP contribution >= 0.6 is 0 Å². The topological polar surface area (TPSA) is 78.9 Å². The summed E-state index contributed by atoms with van der Waals surface area (Å²) in [7, 11) is 0. The highest BCUT2D eigenvalue weighted by atomic mass is 16.6. The first kappa shape index (κ1) is 72.6. The fraction of sp³-hybridized carbons (Fsp3) is 0.870. The molecule has 0 aromatic carbocycles. The molecule has 0 saturated heterocycles. The monoisotopic (exact) mass is 1050 g/mol. The highest BCUT2D eigenvalue weighted by Crippen LogP contribution is 2.18. The summed E-state index contributed by atoms with van der Waals surface area (Å²) in [5.74, 6) is -0.855. The van der Waals surface area contributed by atoms with Crippen molar-refractivity contribution in [3.8, 4) is 0 Å². The van der Waals surface area contributed by atoms with Crippen LogP contribution in [0.3, 0.4) is 0 Å². The van der Waals surface area contributed by atoms with Crippen molar-refractivity contribution in [2.24, 2.45) is 0 Å². The van der Waals surface area contributed by atoms with Gasteiger partial charge in [-0.15, -0.1) is 0 Å². The van der Waals surface area contributed by atoms with E-state index in [0.717, 1.165) is 70.6 Å². The average molecular weight is 1050 g/mol. The minimum absolute atomic E-state index is 0.0715. The van der Waals surface area contributed by atoms with Crippen molar-refractivity contribution in [1.82, 2.24) is 0 Å². The molecule has 1 unspecified atom stereocenters. The first-order valence-electron chi connectivity index (χ1n) is 33.5. The van der Waals surface area contributed by atoms with Gasteiger partial charge in [0.1, 0.15) is 13.2 Å². The van der Waals surface area contributed by atoms with E-state index in [0.29, 0.717) is 19.3 Å². The molecule has 0 bridgehead atoms. The van der Waals surface area contributed by atoms with Crippen LogP contribution in [-0.2, 0) is 28.6 Å². The number of hydrogen-bond donors (Lipinski definition) is 0. The van der Waals surface area contributed by atoms with E-state index in [1.54, 1.807) is 0 Å². The number of carbonyl (C=O) groups is 3. The van der Waals surface area contributed by atoms with Crippen LogP contribution in [0, 0.1) is 0 Å². The lowest BCUT2D eigenvalue weighted by Crippen LogP contribution is -2.30. The molecular weight excluding hydrogens is 925 g/mol. The highest BCUT2D eigenvalue weighted by molar-refractivity contribution is 5.71. The van der Waals surface area contributed by atoms with Crippen LogP contribution in [0.5, 0.6) is 0 Å². The minimum Gasteiger partial charge on any atom is -0.462 e. The third kappa shape index (κ3) is 62.4. The van der Waals surface area contributed by atoms with E-state index in [1.165, 1.54) is 257 Å². The Balaban J connectivity index is 4.33. The zero-order valence-corrected chi connectivity index (χ0v) is 50.6. The summed E-state index contributed by atoms with van der Waals surface area (Å²) in [5.41, 5.74) is 0. The lowest BCUT2D eigenvalue weighted by molar-refractivity contribution is -0.167. The Morgan fingerprint density at radius 3 is 0.760 bits per heavy atom. The van der Waals surface area contributed by atoms with Crippen molar-refractivity contribution in [1.29, 1.82) is 0 Å². The number of ether oxygens (including phenoxy) is 3. The van der Waals surface area contributed by atoms with Gasteiger partial charge < -0.3 is 14.2 Å². The molecule has 0 aromatic heterocycles. The Hall–Kier alpha value is -2.37. The molecule has 0 heterocycles. The highest BCUT2D eigenvalue weighted by Gasteiger charge is 2.19. The van der Waals surface area contributed by atoms with Crippen LogP contribution in [0.2, 0.25) is 0 Å². The molecule has 0 fully saturated rings. The molecule has 0 aliphatic heterocycles. The van der Waals surface area contributed by atoms with Gasteiger partial charge in [0.25, 0.3) is 0 Å². The van der Waals surface area contributed by atoms with Crippen molar-refractivity contribution in [2.75, 3.05) is 13.2 Å². The second kappa shape index (κ2) is 64.2. The SMILES string of the molecule is CCCCCC/C=C\C/C=C\CCCCCCCCCC(=O)OC(COC(=O)CCCCCCCCCCC/C=C\CCCCCCCCCC)COC(=O)CCCCCCCCCCCCCCCCCCCC. The largest absolute Gasteiger partial charge is 0.462 e. The van der Waals surface area contributed by atoms with Crippen molar-refractivity contribution in [2.45, 2.75) is 374 Å². The predicted molar refractivity (Wildman–Crippen MR) is 326 cm³/mol. The molecule has 0 aliphatic rings. The maximum atomic E-state index is 12.9. The van der Waals surface area contributed by atoms with Crippen LogP contribution in [0.1, 0.15) is 367 Å². The van der Waals surface area contributed by atoms with E-state index in [4.69, 9.17) is 14.2 Å². The number of allylic oxidation sites excluding steroid dienone is 6. The number of carbonyl (C=O) groups excluding carboxylic acids is 3. The van der Waals surface area contributed by atoms with Crippen LogP contribution in [0.25, 0.3) is 0 Å². The molecule has 0 aliphatic carbocycles. The van der Waals surface area contributed by atoms with Gasteiger partial charge in [-0.3, -0.25) is 14.4 Å². The number of esters is 3. The average Bonchev–Trinajstić information content (AvgIpc) is 3.41. The fourth-order valence-electron chi connectivity index (χ4n) is 10.1. The van der Waals surface area contributed by atoms with Crippen LogP contribution in [0.15, 0.2) is 36.5 Å². The van der Waals surface area contributed by atoms with Crippen LogP contribution < -0.4 is 0 Å². The molecule has 0 spiro atoms. The van der Waals surface area contributed by atoms with Gasteiger partial charge >= 0.3 is 17.9 Å². The fourth-order valence-corrected chi connectivity index (χ4v) is 10.1. The Kier molecular flexibility index (Phi) is 62.1. The first-order valence-corrected chi connectivity index (χ1v) is 33.5. The molecule has 0 rings (SSSR count). The third-order valence-electron chi connectivity index (χ3n) is 15.1. The molecule has 6 heteroatoms. The Bertz CT molecular complexity index is 1250. The summed E-state index contributed by atoms with van der Waals surface area (Å²) in [4.78, 5) is 38.4. The van der Waals surface area contributed by atoms with E-state index in [2.05, 4.69) is 57.2 Å². The normalized spacial score (nSPS) is 12.2. The molecule has 0 radical (unpaired) electrons. The second-order valence-corrected chi connectivity index (χ2v) is 22.7. The van der Waals surface area contributed by atoms with Gasteiger partial charge in [-0.2, -0.15) is 0 Å². The summed E-state index contributed by atoms with van der Waals surface area (Å²) in [6.07, 6.45) is 78.6. The van der Waals surface area contributed by atoms with E-state index >= 15 is 0 Å². The predicted octanol–water partition coefficient (Wildman–Crippen LogP) is 22.8. The summed E-state index contributed by atoms with van der Waals surface area (Å²) in [6, 6.07) is 0. The van der Waals surface area contributed by atoms with Crippen molar-refractivity contribution in [3.63, 3.8) is 0 Å². The lowest BCUT2D eigenvalue weighted by atomic mass is 10.0. The molecule has 0 aromatic rings. The zero-order chi connectivity index (χ0) is 54.3. The van der Waals surface area contributed by atoms with Crippen LogP contribution in [0.4, 0.5) is 0 Å². The third-order valence-corrected chi connectivity index (χ3v) is 15.1. The van der Waals surface area contributed by atoms with Gasteiger partial charge in [-0.1, -0.05) is 308 Å². The van der Waals surface area contributed by atoms with Gasteiger partial charge in [0.2, 0.25) is 0 Å². The second-order valence-electron chi connectivity index (χ2n) is 22.7. The van der Waals surface area contributed by atoms with Crippen LogP contribution in [-0.4, -0.2) is 37.2 Å². The molecule has 440 valence electrons. The smallest absolute Gasteiger partial charge is 0.306 e. The van der Waals surface area contributed by atoms with Gasteiger partial charge in [0, 0.05) is 19.3 Å². The number of unbranched alkanes of at least 4 members (excludes halogenated alkanes) is 45. The van der Waals surface area contributed by atoms with E-state index in [9.17, 15) is 14.4 Å². The standard InChI is InChI=1S/C69H128O6/c1-4-7-10-13-16-19-22-25-28-31-34-35-36-39-41-44-47-50-53-56-59-62-68(71)74-65-66(75-69(72)63-60-57-54-51-48-45-42-38-33-30-27-24-21-18-15-12-9-6-3)64-73-67(70)61-58-55-52-49-46-43-40-37-32-29-26-23-20-17-14-11-8-5-2/h21,24,30-31,33-34,66H,4-20,22-23,25-29,32,35-65H2,1-3H3/b24-21-,33-30-,34-31-. The van der Waals surface area contributed by atoms with E-state index in [1.807, 2.05) is 0 Å². The quantitative estimate of drug-likeness (QED) is 0.0261. The van der Waals surface area contributed by atoms with E-state index < -0.39 is 6.10 Å². The van der Waals surface area contributed by atoms with Gasteiger partial charge in [0.15, 0.2) is 6.10 Å². The zero-order valence-electron chi connectivity index (χ0n) is 50.6. The Morgan fingerprint density at radius 2 is 0.480 bits per heavy atom. The summed E-state index contributed by atoms with van der Waals surface area (Å²) >= 11 is 0. The van der Waals surface area contributed by atoms with Gasteiger partial charge in [-0.05, 0) is 77.0 Å². The van der Waals surface area contributed by atoms with Crippen molar-refractivity contribution >= 4 is 17.9 Å². The molecular formula is C69H128O6. The summed E-state index contributed by atoms with van der Waals surface area (Å²) in [5, 5.41) is 0. The molecule has 0 amide bonds. The molecule has 75 heavy (non-hydrogen) atoms. The summed E-state index contributed by atoms with van der Waals surface area (Å²) < 4.78 is 17.0. The number of rotatable bonds is 62. The molecule has 0 N–H and O–H groups in total. The molecule has 1 atom stereocenters. The maximum absolute atomic E-state index is 12.9. The Morgan fingerprint density at radius 1 is 0.267 bits per heavy atom. The van der Waals surface area contributed by atoms with Gasteiger partial charge in [-0.25, -0.2) is 0 Å². The van der Waals surface area contributed by atoms with Crippen molar-refractivity contribution in [3.05, 3.63) is 36.5 Å². The van der Waals surface area contributed by atoms with Crippen molar-refractivity contribution < 1.29 is 28.6 Å². The first-order chi connectivity index (χ1) is 37.0. The Labute approximate surface area is 467 Å². The van der Waals surface area contributed by atoms with Gasteiger partial charge in [0.05, 0.1) is 0 Å². The van der Waals surface area contributed by atoms with E-state index in [-0.39, 0.29) is 31.1 Å². The molecule has 0 saturated carbocycles. The lowest BCUT2D eigenvalue weighted by Gasteiger charge is -2.18. The minimum atomic E-state index is -0.776. The maximum Gasteiger partial charge on any atom is 0.306 e. The molecule has 6 nitrogen and oxygen atoms in total. The summed E-state index contributed by atoms with van der Waals surface area (Å²) in [6.45, 7) is 6.69. The number of hydrogen-bond acceptors (Lipinski definition) is 6.